The third-order valence-electron chi connectivity index (χ3n) is 5.62. The second-order valence-corrected chi connectivity index (χ2v) is 7.98. The van der Waals surface area contributed by atoms with Crippen LogP contribution in [0.1, 0.15) is 22.4 Å². The lowest BCUT2D eigenvalue weighted by Crippen LogP contribution is -2.38. The Balaban J connectivity index is 1.57. The van der Waals surface area contributed by atoms with Crippen LogP contribution in [0.5, 0.6) is 0 Å². The molecular formula is C24H28N4O2. The fraction of sp³-hybridized carbons (Fsp3) is 0.333. The van der Waals surface area contributed by atoms with Gasteiger partial charge in [-0.1, -0.05) is 18.2 Å². The molecule has 30 heavy (non-hydrogen) atoms. The Hall–Kier alpha value is -2.80. The van der Waals surface area contributed by atoms with E-state index in [1.165, 1.54) is 11.1 Å². The average molecular weight is 405 g/mol. The molecule has 0 radical (unpaired) electrons. The van der Waals surface area contributed by atoms with E-state index < -0.39 is 6.10 Å². The first-order valence-corrected chi connectivity index (χ1v) is 10.3. The molecule has 3 N–H and O–H groups in total. The highest BCUT2D eigenvalue weighted by molar-refractivity contribution is 5.73. The zero-order valence-electron chi connectivity index (χ0n) is 17.5. The molecule has 6 nitrogen and oxygen atoms in total. The van der Waals surface area contributed by atoms with E-state index in [0.717, 1.165) is 53.4 Å². The van der Waals surface area contributed by atoms with Crippen molar-refractivity contribution >= 4 is 11.4 Å². The Kier molecular flexibility index (Phi) is 6.08. The largest absolute Gasteiger partial charge is 0.394 e. The Morgan fingerprint density at radius 3 is 2.73 bits per heavy atom. The maximum Gasteiger partial charge on any atom is 0.0933 e. The van der Waals surface area contributed by atoms with E-state index in [-0.39, 0.29) is 6.61 Å². The van der Waals surface area contributed by atoms with Gasteiger partial charge in [-0.3, -0.25) is 4.90 Å². The molecule has 1 aliphatic rings. The van der Waals surface area contributed by atoms with Gasteiger partial charge < -0.3 is 15.5 Å². The molecule has 0 fully saturated rings. The number of aromatic nitrogens is 2. The van der Waals surface area contributed by atoms with Crippen molar-refractivity contribution in [3.8, 4) is 11.3 Å². The second kappa shape index (κ2) is 8.92. The van der Waals surface area contributed by atoms with Gasteiger partial charge >= 0.3 is 0 Å². The van der Waals surface area contributed by atoms with E-state index in [0.29, 0.717) is 6.54 Å². The fourth-order valence-corrected chi connectivity index (χ4v) is 3.97. The number of nitrogens with zero attached hydrogens (tertiary/aromatic N) is 3. The van der Waals surface area contributed by atoms with Gasteiger partial charge in [-0.15, -0.1) is 0 Å². The van der Waals surface area contributed by atoms with E-state index in [2.05, 4.69) is 63.7 Å². The van der Waals surface area contributed by atoms with Gasteiger partial charge in [-0.25, -0.2) is 0 Å². The molecular weight excluding hydrogens is 376 g/mol. The van der Waals surface area contributed by atoms with Crippen LogP contribution >= 0.6 is 0 Å². The summed E-state index contributed by atoms with van der Waals surface area (Å²) in [6, 6.07) is 16.6. The SMILES string of the molecule is Cc1ccc(-c2cc(Nc3cccc4c3CCN(C[C@H](O)CO)C4)ccc2C)nn1. The number of nitrogens with one attached hydrogen (secondary N) is 1. The first-order valence-electron chi connectivity index (χ1n) is 10.3. The van der Waals surface area contributed by atoms with Crippen molar-refractivity contribution in [3.63, 3.8) is 0 Å². The lowest BCUT2D eigenvalue weighted by atomic mass is 9.97. The predicted molar refractivity (Wildman–Crippen MR) is 119 cm³/mol. The monoisotopic (exact) mass is 404 g/mol. The van der Waals surface area contributed by atoms with Gasteiger partial charge in [0.15, 0.2) is 0 Å². The van der Waals surface area contributed by atoms with E-state index in [1.54, 1.807) is 0 Å². The predicted octanol–water partition coefficient (Wildman–Crippen LogP) is 3.22. The number of aliphatic hydroxyl groups excluding tert-OH is 2. The van der Waals surface area contributed by atoms with Crippen LogP contribution in [0.15, 0.2) is 48.5 Å². The average Bonchev–Trinajstić information content (AvgIpc) is 2.75. The van der Waals surface area contributed by atoms with Gasteiger partial charge in [0.25, 0.3) is 0 Å². The quantitative estimate of drug-likeness (QED) is 0.585. The molecule has 6 heteroatoms. The Morgan fingerprint density at radius 1 is 1.10 bits per heavy atom. The van der Waals surface area contributed by atoms with Crippen molar-refractivity contribution in [2.75, 3.05) is 25.0 Å². The number of rotatable bonds is 6. The molecule has 1 aliphatic heterocycles. The number of anilines is 2. The first kappa shape index (κ1) is 20.5. The molecule has 0 amide bonds. The van der Waals surface area contributed by atoms with Crippen molar-refractivity contribution in [1.29, 1.82) is 0 Å². The highest BCUT2D eigenvalue weighted by Crippen LogP contribution is 2.31. The number of aliphatic hydroxyl groups is 2. The van der Waals surface area contributed by atoms with Gasteiger partial charge in [-0.2, -0.15) is 10.2 Å². The molecule has 4 rings (SSSR count). The van der Waals surface area contributed by atoms with Gasteiger partial charge in [0, 0.05) is 36.6 Å². The molecule has 156 valence electrons. The zero-order chi connectivity index (χ0) is 21.1. The number of hydrogen-bond donors (Lipinski definition) is 3. The topological polar surface area (TPSA) is 81.5 Å². The van der Waals surface area contributed by atoms with Gasteiger partial charge in [0.05, 0.1) is 24.1 Å². The summed E-state index contributed by atoms with van der Waals surface area (Å²) in [6.45, 7) is 5.95. The fourth-order valence-electron chi connectivity index (χ4n) is 3.97. The van der Waals surface area contributed by atoms with Crippen molar-refractivity contribution < 1.29 is 10.2 Å². The molecule has 3 aromatic rings. The maximum atomic E-state index is 9.75. The molecule has 0 unspecified atom stereocenters. The zero-order valence-corrected chi connectivity index (χ0v) is 17.5. The molecule has 0 aliphatic carbocycles. The minimum Gasteiger partial charge on any atom is -0.394 e. The van der Waals surface area contributed by atoms with Gasteiger partial charge in [-0.05, 0) is 67.3 Å². The van der Waals surface area contributed by atoms with Crippen LogP contribution < -0.4 is 5.32 Å². The Bertz CT molecular complexity index is 1020. The van der Waals surface area contributed by atoms with Crippen molar-refractivity contribution in [1.82, 2.24) is 15.1 Å². The molecule has 1 atom stereocenters. The van der Waals surface area contributed by atoms with E-state index in [9.17, 15) is 5.11 Å². The smallest absolute Gasteiger partial charge is 0.0933 e. The summed E-state index contributed by atoms with van der Waals surface area (Å²) in [5.41, 5.74) is 8.70. The normalized spacial score (nSPS) is 14.9. The summed E-state index contributed by atoms with van der Waals surface area (Å²) >= 11 is 0. The molecule has 1 aromatic heterocycles. The van der Waals surface area contributed by atoms with Gasteiger partial charge in [0.1, 0.15) is 0 Å². The summed E-state index contributed by atoms with van der Waals surface area (Å²) in [5, 5.41) is 31.0. The molecule has 2 aromatic carbocycles. The van der Waals surface area contributed by atoms with E-state index in [1.807, 2.05) is 19.1 Å². The maximum absolute atomic E-state index is 9.75. The van der Waals surface area contributed by atoms with Crippen molar-refractivity contribution in [2.24, 2.45) is 0 Å². The van der Waals surface area contributed by atoms with Crippen LogP contribution in [-0.4, -0.2) is 51.1 Å². The second-order valence-electron chi connectivity index (χ2n) is 7.98. The summed E-state index contributed by atoms with van der Waals surface area (Å²) in [7, 11) is 0. The van der Waals surface area contributed by atoms with Crippen LogP contribution in [0.2, 0.25) is 0 Å². The number of aryl methyl sites for hydroxylation is 2. The highest BCUT2D eigenvalue weighted by atomic mass is 16.3. The van der Waals surface area contributed by atoms with E-state index in [4.69, 9.17) is 5.11 Å². The third-order valence-corrected chi connectivity index (χ3v) is 5.62. The third kappa shape index (κ3) is 4.51. The van der Waals surface area contributed by atoms with Gasteiger partial charge in [0.2, 0.25) is 0 Å². The molecule has 0 saturated heterocycles. The number of fused-ring (bicyclic) bond motifs is 1. The Labute approximate surface area is 177 Å². The van der Waals surface area contributed by atoms with Crippen molar-refractivity contribution in [3.05, 3.63) is 70.9 Å². The van der Waals surface area contributed by atoms with Crippen LogP contribution in [0.4, 0.5) is 11.4 Å². The minimum atomic E-state index is -0.691. The summed E-state index contributed by atoms with van der Waals surface area (Å²) < 4.78 is 0. The van der Waals surface area contributed by atoms with Crippen LogP contribution in [-0.2, 0) is 13.0 Å². The number of β-amino-alcohol motifs (C(OH)–C–C–N with tert-alkyl or cyclic N) is 1. The number of benzene rings is 2. The van der Waals surface area contributed by atoms with Crippen LogP contribution in [0.3, 0.4) is 0 Å². The molecule has 0 bridgehead atoms. The molecule has 2 heterocycles. The number of hydrogen-bond acceptors (Lipinski definition) is 6. The van der Waals surface area contributed by atoms with E-state index >= 15 is 0 Å². The molecule has 0 spiro atoms. The summed E-state index contributed by atoms with van der Waals surface area (Å²) in [4.78, 5) is 2.19. The highest BCUT2D eigenvalue weighted by Gasteiger charge is 2.20. The minimum absolute atomic E-state index is 0.202. The standard InChI is InChI=1S/C24H28N4O2/c1-16-6-8-19(12-22(16)24-9-7-17(2)26-27-24)25-23-5-3-4-18-13-28(11-10-21(18)23)14-20(30)15-29/h3-9,12,20,25,29-30H,10-11,13-15H2,1-2H3/t20-/m0/s1. The summed E-state index contributed by atoms with van der Waals surface area (Å²) in [5.74, 6) is 0. The lowest BCUT2D eigenvalue weighted by molar-refractivity contribution is 0.0551. The van der Waals surface area contributed by atoms with Crippen LogP contribution in [0, 0.1) is 13.8 Å². The van der Waals surface area contributed by atoms with Crippen LogP contribution in [0.25, 0.3) is 11.3 Å². The lowest BCUT2D eigenvalue weighted by Gasteiger charge is -2.31. The Morgan fingerprint density at radius 2 is 1.97 bits per heavy atom. The summed E-state index contributed by atoms with van der Waals surface area (Å²) in [6.07, 6.45) is 0.211. The van der Waals surface area contributed by atoms with Crippen molar-refractivity contribution in [2.45, 2.75) is 32.9 Å². The molecule has 0 saturated carbocycles. The first-order chi connectivity index (χ1) is 14.5.